The topological polar surface area (TPSA) is 0 Å². The van der Waals surface area contributed by atoms with Gasteiger partial charge in [0.25, 0.3) is 0 Å². The van der Waals surface area contributed by atoms with Gasteiger partial charge >= 0.3 is 0 Å². The highest BCUT2D eigenvalue weighted by atomic mass is 14.5. The molecule has 1 fully saturated rings. The zero-order chi connectivity index (χ0) is 9.59. The summed E-state index contributed by atoms with van der Waals surface area (Å²) in [4.78, 5) is 0. The van der Waals surface area contributed by atoms with Crippen LogP contribution < -0.4 is 0 Å². The van der Waals surface area contributed by atoms with Crippen LogP contribution in [-0.4, -0.2) is 0 Å². The molecule has 0 amide bonds. The lowest BCUT2D eigenvalue weighted by atomic mass is 9.80. The number of hydrogen-bond acceptors (Lipinski definition) is 0. The highest BCUT2D eigenvalue weighted by Gasteiger charge is 2.46. The highest BCUT2D eigenvalue weighted by Crippen LogP contribution is 2.53. The van der Waals surface area contributed by atoms with Crippen LogP contribution >= 0.6 is 0 Å². The summed E-state index contributed by atoms with van der Waals surface area (Å²) in [5, 5.41) is 0. The summed E-state index contributed by atoms with van der Waals surface area (Å²) in [5.74, 6) is 5.51. The van der Waals surface area contributed by atoms with Crippen LogP contribution in [0.4, 0.5) is 0 Å². The quantitative estimate of drug-likeness (QED) is 0.565. The fourth-order valence-electron chi connectivity index (χ4n) is 3.60. The molecule has 2 aliphatic rings. The fraction of sp³-hybridized carbons (Fsp3) is 0.846. The van der Waals surface area contributed by atoms with E-state index in [1.807, 2.05) is 0 Å². The molecule has 0 nitrogen and oxygen atoms in total. The Morgan fingerprint density at radius 2 is 1.69 bits per heavy atom. The number of hydrogen-bond donors (Lipinski definition) is 0. The van der Waals surface area contributed by atoms with Crippen molar-refractivity contribution >= 4 is 0 Å². The molecule has 0 N–H and O–H groups in total. The van der Waals surface area contributed by atoms with Gasteiger partial charge in [-0.1, -0.05) is 39.8 Å². The van der Waals surface area contributed by atoms with Gasteiger partial charge in [0, 0.05) is 0 Å². The highest BCUT2D eigenvalue weighted by molar-refractivity contribution is 5.15. The zero-order valence-electron chi connectivity index (χ0n) is 9.33. The molecule has 0 saturated heterocycles. The van der Waals surface area contributed by atoms with E-state index in [4.69, 9.17) is 0 Å². The lowest BCUT2D eigenvalue weighted by Gasteiger charge is -2.25. The van der Waals surface area contributed by atoms with E-state index in [1.165, 1.54) is 6.42 Å². The minimum Gasteiger partial charge on any atom is -0.0848 e. The molecule has 2 rings (SSSR count). The Balaban J connectivity index is 2.14. The molecule has 4 atom stereocenters. The number of fused-ring (bicyclic) bond motifs is 2. The minimum atomic E-state index is 0.869. The fourth-order valence-corrected chi connectivity index (χ4v) is 3.60. The van der Waals surface area contributed by atoms with Crippen molar-refractivity contribution in [3.63, 3.8) is 0 Å². The number of rotatable bonds is 2. The van der Waals surface area contributed by atoms with Crippen molar-refractivity contribution in [1.82, 2.24) is 0 Å². The SMILES string of the molecule is CC(C)C1CC2C=CC1C2C(C)C. The van der Waals surface area contributed by atoms with Crippen LogP contribution in [0.25, 0.3) is 0 Å². The third kappa shape index (κ3) is 1.35. The average Bonchev–Trinajstić information content (AvgIpc) is 2.58. The number of allylic oxidation sites excluding steroid dienone is 2. The van der Waals surface area contributed by atoms with Gasteiger partial charge in [-0.25, -0.2) is 0 Å². The lowest BCUT2D eigenvalue weighted by molar-refractivity contribution is 0.263. The molecule has 13 heavy (non-hydrogen) atoms. The molecule has 0 aromatic heterocycles. The van der Waals surface area contributed by atoms with Crippen molar-refractivity contribution < 1.29 is 0 Å². The summed E-state index contributed by atoms with van der Waals surface area (Å²) in [7, 11) is 0. The van der Waals surface area contributed by atoms with Gasteiger partial charge in [-0.05, 0) is 41.9 Å². The normalized spacial score (nSPS) is 42.6. The van der Waals surface area contributed by atoms with E-state index >= 15 is 0 Å². The van der Waals surface area contributed by atoms with Gasteiger partial charge in [0.05, 0.1) is 0 Å². The average molecular weight is 178 g/mol. The molecule has 0 aromatic carbocycles. The molecule has 0 spiro atoms. The van der Waals surface area contributed by atoms with Crippen LogP contribution in [-0.2, 0) is 0 Å². The maximum Gasteiger partial charge on any atom is -0.0166 e. The van der Waals surface area contributed by atoms with Crippen molar-refractivity contribution in [1.29, 1.82) is 0 Å². The summed E-state index contributed by atoms with van der Waals surface area (Å²) >= 11 is 0. The Morgan fingerprint density at radius 1 is 1.00 bits per heavy atom. The van der Waals surface area contributed by atoms with E-state index in [-0.39, 0.29) is 0 Å². The molecule has 2 aliphatic carbocycles. The molecule has 74 valence electrons. The van der Waals surface area contributed by atoms with Crippen LogP contribution in [0.2, 0.25) is 0 Å². The van der Waals surface area contributed by atoms with Crippen molar-refractivity contribution in [3.8, 4) is 0 Å². The third-order valence-corrected chi connectivity index (χ3v) is 4.18. The molecule has 2 bridgehead atoms. The Morgan fingerprint density at radius 3 is 2.08 bits per heavy atom. The monoisotopic (exact) mass is 178 g/mol. The second kappa shape index (κ2) is 3.15. The summed E-state index contributed by atoms with van der Waals surface area (Å²) in [6, 6.07) is 0. The molecule has 4 unspecified atom stereocenters. The van der Waals surface area contributed by atoms with Crippen molar-refractivity contribution in [2.24, 2.45) is 35.5 Å². The van der Waals surface area contributed by atoms with Crippen molar-refractivity contribution in [2.45, 2.75) is 34.1 Å². The summed E-state index contributed by atoms with van der Waals surface area (Å²) in [5.41, 5.74) is 0. The summed E-state index contributed by atoms with van der Waals surface area (Å²) in [6.45, 7) is 9.55. The van der Waals surface area contributed by atoms with E-state index in [0.29, 0.717) is 0 Å². The van der Waals surface area contributed by atoms with Crippen molar-refractivity contribution in [2.75, 3.05) is 0 Å². The van der Waals surface area contributed by atoms with Gasteiger partial charge in [0.15, 0.2) is 0 Å². The third-order valence-electron chi connectivity index (χ3n) is 4.18. The smallest absolute Gasteiger partial charge is 0.0166 e. The lowest BCUT2D eigenvalue weighted by Crippen LogP contribution is -2.19. The van der Waals surface area contributed by atoms with E-state index in [0.717, 1.165) is 35.5 Å². The second-order valence-corrected chi connectivity index (χ2v) is 5.59. The Hall–Kier alpha value is -0.260. The van der Waals surface area contributed by atoms with Crippen LogP contribution in [0.5, 0.6) is 0 Å². The zero-order valence-corrected chi connectivity index (χ0v) is 9.33. The Kier molecular flexibility index (Phi) is 2.25. The molecule has 0 heterocycles. The first-order chi connectivity index (χ1) is 6.11. The van der Waals surface area contributed by atoms with E-state index in [1.54, 1.807) is 0 Å². The van der Waals surface area contributed by atoms with Gasteiger partial charge < -0.3 is 0 Å². The first-order valence-electron chi connectivity index (χ1n) is 5.79. The van der Waals surface area contributed by atoms with Crippen LogP contribution in [0, 0.1) is 35.5 Å². The molecular formula is C13H22. The molecule has 0 heteroatoms. The van der Waals surface area contributed by atoms with Gasteiger partial charge in [0.2, 0.25) is 0 Å². The van der Waals surface area contributed by atoms with Gasteiger partial charge in [0.1, 0.15) is 0 Å². The van der Waals surface area contributed by atoms with Gasteiger partial charge in [-0.2, -0.15) is 0 Å². The maximum absolute atomic E-state index is 2.50. The summed E-state index contributed by atoms with van der Waals surface area (Å²) in [6.07, 6.45) is 6.44. The van der Waals surface area contributed by atoms with Gasteiger partial charge in [-0.3, -0.25) is 0 Å². The largest absolute Gasteiger partial charge is 0.0848 e. The molecular weight excluding hydrogens is 156 g/mol. The maximum atomic E-state index is 2.50. The van der Waals surface area contributed by atoms with E-state index in [9.17, 15) is 0 Å². The Labute approximate surface area is 82.4 Å². The van der Waals surface area contributed by atoms with Crippen molar-refractivity contribution in [3.05, 3.63) is 12.2 Å². The minimum absolute atomic E-state index is 0.869. The molecule has 0 aromatic rings. The first kappa shape index (κ1) is 9.30. The van der Waals surface area contributed by atoms with Crippen LogP contribution in [0.15, 0.2) is 12.2 Å². The van der Waals surface area contributed by atoms with Crippen LogP contribution in [0.3, 0.4) is 0 Å². The summed E-state index contributed by atoms with van der Waals surface area (Å²) < 4.78 is 0. The molecule has 0 radical (unpaired) electrons. The standard InChI is InChI=1S/C13H22/c1-8(2)12-7-10-5-6-11(12)13(10)9(3)4/h5-6,8-13H,7H2,1-4H3. The molecule has 0 aliphatic heterocycles. The van der Waals surface area contributed by atoms with E-state index in [2.05, 4.69) is 39.8 Å². The van der Waals surface area contributed by atoms with Crippen LogP contribution in [0.1, 0.15) is 34.1 Å². The predicted octanol–water partition coefficient (Wildman–Crippen LogP) is 3.74. The van der Waals surface area contributed by atoms with E-state index < -0.39 is 0 Å². The second-order valence-electron chi connectivity index (χ2n) is 5.59. The Bertz CT molecular complexity index is 212. The van der Waals surface area contributed by atoms with Gasteiger partial charge in [-0.15, -0.1) is 0 Å². The first-order valence-corrected chi connectivity index (χ1v) is 5.79. The predicted molar refractivity (Wildman–Crippen MR) is 57.4 cm³/mol. The molecule has 1 saturated carbocycles.